The fourth-order valence-corrected chi connectivity index (χ4v) is 1.42. The Kier molecular flexibility index (Phi) is 5.98. The third kappa shape index (κ3) is 5.83. The van der Waals surface area contributed by atoms with Crippen LogP contribution in [-0.2, 0) is 9.59 Å². The van der Waals surface area contributed by atoms with E-state index in [4.69, 9.17) is 5.26 Å². The molecule has 2 amide bonds. The van der Waals surface area contributed by atoms with Gasteiger partial charge in [0.15, 0.2) is 0 Å². The van der Waals surface area contributed by atoms with Crippen molar-refractivity contribution in [3.05, 3.63) is 36.4 Å². The van der Waals surface area contributed by atoms with Crippen molar-refractivity contribution >= 4 is 23.2 Å². The maximum atomic E-state index is 11.6. The van der Waals surface area contributed by atoms with Gasteiger partial charge < -0.3 is 10.6 Å². The van der Waals surface area contributed by atoms with Crippen molar-refractivity contribution in [3.63, 3.8) is 0 Å². The molecule has 0 spiro atoms. The highest BCUT2D eigenvalue weighted by atomic mass is 16.2. The van der Waals surface area contributed by atoms with Crippen LogP contribution in [0.3, 0.4) is 0 Å². The molecule has 0 radical (unpaired) electrons. The van der Waals surface area contributed by atoms with Gasteiger partial charge in [0.25, 0.3) is 0 Å². The summed E-state index contributed by atoms with van der Waals surface area (Å²) < 4.78 is 0. The minimum Gasteiger partial charge on any atom is -0.325 e. The number of nitriles is 1. The van der Waals surface area contributed by atoms with E-state index in [0.717, 1.165) is 0 Å². The van der Waals surface area contributed by atoms with E-state index in [-0.39, 0.29) is 18.2 Å². The fourth-order valence-electron chi connectivity index (χ4n) is 1.42. The Morgan fingerprint density at radius 2 is 1.95 bits per heavy atom. The molecule has 1 rings (SSSR count). The zero-order valence-corrected chi connectivity index (χ0v) is 11.5. The smallest absolute Gasteiger partial charge is 0.248 e. The van der Waals surface area contributed by atoms with Crippen LogP contribution in [0.1, 0.15) is 20.3 Å². The van der Waals surface area contributed by atoms with E-state index in [0.29, 0.717) is 17.3 Å². The largest absolute Gasteiger partial charge is 0.325 e. The zero-order valence-electron chi connectivity index (χ0n) is 11.5. The molecule has 20 heavy (non-hydrogen) atoms. The lowest BCUT2D eigenvalue weighted by Gasteiger charge is -2.06. The lowest BCUT2D eigenvalue weighted by molar-refractivity contribution is -0.115. The minimum atomic E-state index is -0.379. The van der Waals surface area contributed by atoms with Gasteiger partial charge in [-0.05, 0) is 30.2 Å². The monoisotopic (exact) mass is 271 g/mol. The van der Waals surface area contributed by atoms with Crippen LogP contribution in [0.25, 0.3) is 0 Å². The SMILES string of the molecule is CC(C)/C=C/C(=O)Nc1cccc(NC(=O)CC#N)c1. The van der Waals surface area contributed by atoms with Crippen LogP contribution in [0.5, 0.6) is 0 Å². The van der Waals surface area contributed by atoms with Crippen LogP contribution in [0, 0.1) is 17.2 Å². The fraction of sp³-hybridized carbons (Fsp3) is 0.267. The molecule has 2 N–H and O–H groups in total. The Morgan fingerprint density at radius 3 is 2.55 bits per heavy atom. The van der Waals surface area contributed by atoms with Gasteiger partial charge >= 0.3 is 0 Å². The second-order valence-corrected chi connectivity index (χ2v) is 4.56. The van der Waals surface area contributed by atoms with E-state index in [9.17, 15) is 9.59 Å². The molecule has 0 aliphatic rings. The number of carbonyl (C=O) groups excluding carboxylic acids is 2. The second-order valence-electron chi connectivity index (χ2n) is 4.56. The number of carbonyl (C=O) groups is 2. The Bertz CT molecular complexity index is 556. The predicted molar refractivity (Wildman–Crippen MR) is 77.9 cm³/mol. The first-order chi connectivity index (χ1) is 9.51. The molecule has 0 unspecified atom stereocenters. The normalized spacial score (nSPS) is 10.3. The lowest BCUT2D eigenvalue weighted by atomic mass is 10.2. The predicted octanol–water partition coefficient (Wildman–Crippen LogP) is 2.69. The van der Waals surface area contributed by atoms with Crippen molar-refractivity contribution in [2.75, 3.05) is 10.6 Å². The Labute approximate surface area is 118 Å². The molecule has 1 aromatic rings. The highest BCUT2D eigenvalue weighted by Crippen LogP contribution is 2.15. The zero-order chi connectivity index (χ0) is 15.0. The van der Waals surface area contributed by atoms with E-state index >= 15 is 0 Å². The molecule has 0 saturated carbocycles. The number of allylic oxidation sites excluding steroid dienone is 1. The molecule has 5 heteroatoms. The maximum Gasteiger partial charge on any atom is 0.248 e. The van der Waals surface area contributed by atoms with Crippen LogP contribution in [0.2, 0.25) is 0 Å². The minimum absolute atomic E-state index is 0.201. The molecule has 0 aromatic heterocycles. The number of benzene rings is 1. The molecule has 0 atom stereocenters. The van der Waals surface area contributed by atoms with Crippen molar-refractivity contribution in [1.82, 2.24) is 0 Å². The third-order valence-electron chi connectivity index (χ3n) is 2.29. The summed E-state index contributed by atoms with van der Waals surface area (Å²) in [4.78, 5) is 22.9. The van der Waals surface area contributed by atoms with Gasteiger partial charge in [-0.15, -0.1) is 0 Å². The van der Waals surface area contributed by atoms with E-state index in [1.54, 1.807) is 36.4 Å². The topological polar surface area (TPSA) is 82.0 Å². The second kappa shape index (κ2) is 7.74. The number of nitrogens with one attached hydrogen (secondary N) is 2. The molecule has 0 aliphatic carbocycles. The molecule has 0 heterocycles. The van der Waals surface area contributed by atoms with Gasteiger partial charge in [-0.1, -0.05) is 26.0 Å². The van der Waals surface area contributed by atoms with Gasteiger partial charge in [-0.25, -0.2) is 0 Å². The number of nitrogens with zero attached hydrogens (tertiary/aromatic N) is 1. The lowest BCUT2D eigenvalue weighted by Crippen LogP contribution is -2.11. The van der Waals surface area contributed by atoms with E-state index in [1.165, 1.54) is 6.08 Å². The van der Waals surface area contributed by atoms with Crippen LogP contribution in [0.15, 0.2) is 36.4 Å². The standard InChI is InChI=1S/C15H17N3O2/c1-11(2)6-7-14(19)17-12-4-3-5-13(10-12)18-15(20)8-9-16/h3-7,10-11H,8H2,1-2H3,(H,17,19)(H,18,20)/b7-6+. The van der Waals surface area contributed by atoms with Crippen LogP contribution in [-0.4, -0.2) is 11.8 Å². The summed E-state index contributed by atoms with van der Waals surface area (Å²) in [6.45, 7) is 3.96. The van der Waals surface area contributed by atoms with Crippen LogP contribution < -0.4 is 10.6 Å². The van der Waals surface area contributed by atoms with Gasteiger partial charge in [-0.2, -0.15) is 5.26 Å². The summed E-state index contributed by atoms with van der Waals surface area (Å²) in [5, 5.41) is 13.7. The number of amides is 2. The van der Waals surface area contributed by atoms with Crippen molar-refractivity contribution in [3.8, 4) is 6.07 Å². The van der Waals surface area contributed by atoms with E-state index in [1.807, 2.05) is 13.8 Å². The molecular formula is C15H17N3O2. The Morgan fingerprint density at radius 1 is 1.30 bits per heavy atom. The van der Waals surface area contributed by atoms with Gasteiger partial charge in [0.1, 0.15) is 6.42 Å². The number of anilines is 2. The number of rotatable bonds is 5. The summed E-state index contributed by atoms with van der Waals surface area (Å²) in [6.07, 6.45) is 3.08. The van der Waals surface area contributed by atoms with Crippen molar-refractivity contribution in [1.29, 1.82) is 5.26 Å². The first kappa shape index (κ1) is 15.4. The molecule has 5 nitrogen and oxygen atoms in total. The molecule has 0 aliphatic heterocycles. The highest BCUT2D eigenvalue weighted by molar-refractivity contribution is 6.00. The van der Waals surface area contributed by atoms with Gasteiger partial charge in [0.2, 0.25) is 11.8 Å². The molecule has 0 fully saturated rings. The molecular weight excluding hydrogens is 254 g/mol. The maximum absolute atomic E-state index is 11.6. The molecule has 0 saturated heterocycles. The van der Waals surface area contributed by atoms with Gasteiger partial charge in [0, 0.05) is 11.4 Å². The highest BCUT2D eigenvalue weighted by Gasteiger charge is 2.03. The average molecular weight is 271 g/mol. The first-order valence-electron chi connectivity index (χ1n) is 6.27. The third-order valence-corrected chi connectivity index (χ3v) is 2.29. The summed E-state index contributed by atoms with van der Waals surface area (Å²) >= 11 is 0. The first-order valence-corrected chi connectivity index (χ1v) is 6.27. The number of hydrogen-bond acceptors (Lipinski definition) is 3. The summed E-state index contributed by atoms with van der Waals surface area (Å²) in [7, 11) is 0. The van der Waals surface area contributed by atoms with Crippen molar-refractivity contribution in [2.24, 2.45) is 5.92 Å². The quantitative estimate of drug-likeness (QED) is 0.808. The number of hydrogen-bond donors (Lipinski definition) is 2. The summed E-state index contributed by atoms with van der Waals surface area (Å²) in [6, 6.07) is 8.53. The van der Waals surface area contributed by atoms with Crippen LogP contribution >= 0.6 is 0 Å². The summed E-state index contributed by atoms with van der Waals surface area (Å²) in [5.74, 6) is -0.299. The summed E-state index contributed by atoms with van der Waals surface area (Å²) in [5.41, 5.74) is 1.12. The van der Waals surface area contributed by atoms with Gasteiger partial charge in [-0.3, -0.25) is 9.59 Å². The van der Waals surface area contributed by atoms with Crippen LogP contribution in [0.4, 0.5) is 11.4 Å². The average Bonchev–Trinajstić information content (AvgIpc) is 2.37. The van der Waals surface area contributed by atoms with Crippen molar-refractivity contribution < 1.29 is 9.59 Å². The molecule has 0 bridgehead atoms. The molecule has 1 aromatic carbocycles. The molecule has 104 valence electrons. The van der Waals surface area contributed by atoms with E-state index < -0.39 is 0 Å². The van der Waals surface area contributed by atoms with Crippen molar-refractivity contribution in [2.45, 2.75) is 20.3 Å². The van der Waals surface area contributed by atoms with E-state index in [2.05, 4.69) is 10.6 Å². The van der Waals surface area contributed by atoms with Gasteiger partial charge in [0.05, 0.1) is 6.07 Å². The Balaban J connectivity index is 2.66. The Hall–Kier alpha value is -2.61.